The first kappa shape index (κ1) is 16.3. The van der Waals surface area contributed by atoms with E-state index in [4.69, 9.17) is 9.15 Å². The highest BCUT2D eigenvalue weighted by Crippen LogP contribution is 2.35. The van der Waals surface area contributed by atoms with Gasteiger partial charge in [-0.25, -0.2) is 4.98 Å². The Hall–Kier alpha value is -3.18. The third-order valence-electron chi connectivity index (χ3n) is 4.19. The molecule has 0 radical (unpaired) electrons. The lowest BCUT2D eigenvalue weighted by atomic mass is 10.1. The lowest BCUT2D eigenvalue weighted by molar-refractivity contribution is 0.276. The average Bonchev–Trinajstić information content (AvgIpc) is 3.02. The first-order valence-corrected chi connectivity index (χ1v) is 8.36. The van der Waals surface area contributed by atoms with Gasteiger partial charge in [-0.2, -0.15) is 0 Å². The topological polar surface area (TPSA) is 68.4 Å². The molecule has 4 aromatic rings. The Labute approximate surface area is 150 Å². The van der Waals surface area contributed by atoms with Crippen molar-refractivity contribution in [3.05, 3.63) is 77.9 Å². The molecule has 2 aromatic heterocycles. The van der Waals surface area contributed by atoms with E-state index in [9.17, 15) is 5.11 Å². The van der Waals surface area contributed by atoms with E-state index in [1.165, 1.54) is 0 Å². The maximum absolute atomic E-state index is 9.32. The maximum Gasteiger partial charge on any atom is 0.135 e. The second kappa shape index (κ2) is 6.98. The Balaban J connectivity index is 1.70. The molecule has 5 heteroatoms. The SMILES string of the molecule is Cc1oc2ccc(OCc3ccccc3)cc2c1-c1cncc(CO)n1. The van der Waals surface area contributed by atoms with Gasteiger partial charge in [0.15, 0.2) is 0 Å². The molecule has 2 aromatic carbocycles. The summed E-state index contributed by atoms with van der Waals surface area (Å²) in [5.41, 5.74) is 3.94. The van der Waals surface area contributed by atoms with E-state index in [2.05, 4.69) is 9.97 Å². The minimum absolute atomic E-state index is 0.152. The molecular weight excluding hydrogens is 328 g/mol. The number of ether oxygens (including phenoxy) is 1. The van der Waals surface area contributed by atoms with E-state index in [0.29, 0.717) is 18.0 Å². The molecular formula is C21H18N2O3. The minimum Gasteiger partial charge on any atom is -0.489 e. The molecule has 0 atom stereocenters. The number of aliphatic hydroxyl groups is 1. The second-order valence-electron chi connectivity index (χ2n) is 6.02. The van der Waals surface area contributed by atoms with Crippen LogP contribution in [0, 0.1) is 6.92 Å². The van der Waals surface area contributed by atoms with Gasteiger partial charge in [-0.1, -0.05) is 30.3 Å². The van der Waals surface area contributed by atoms with E-state index in [1.54, 1.807) is 12.4 Å². The Kier molecular flexibility index (Phi) is 4.37. The lowest BCUT2D eigenvalue weighted by Crippen LogP contribution is -1.95. The largest absolute Gasteiger partial charge is 0.489 e. The molecule has 130 valence electrons. The van der Waals surface area contributed by atoms with Crippen molar-refractivity contribution in [2.24, 2.45) is 0 Å². The molecule has 5 nitrogen and oxygen atoms in total. The summed E-state index contributed by atoms with van der Waals surface area (Å²) >= 11 is 0. The summed E-state index contributed by atoms with van der Waals surface area (Å²) in [6, 6.07) is 15.8. The number of aromatic nitrogens is 2. The van der Waals surface area contributed by atoms with Crippen LogP contribution in [-0.2, 0) is 13.2 Å². The van der Waals surface area contributed by atoms with E-state index in [0.717, 1.165) is 33.6 Å². The smallest absolute Gasteiger partial charge is 0.135 e. The van der Waals surface area contributed by atoms with Crippen molar-refractivity contribution >= 4 is 11.0 Å². The molecule has 0 saturated heterocycles. The second-order valence-corrected chi connectivity index (χ2v) is 6.02. The van der Waals surface area contributed by atoms with Crippen molar-refractivity contribution in [3.63, 3.8) is 0 Å². The van der Waals surface area contributed by atoms with Crippen LogP contribution in [0.25, 0.3) is 22.2 Å². The van der Waals surface area contributed by atoms with Crippen LogP contribution in [0.15, 0.2) is 65.3 Å². The van der Waals surface area contributed by atoms with Gasteiger partial charge in [0.25, 0.3) is 0 Å². The van der Waals surface area contributed by atoms with Crippen molar-refractivity contribution in [2.75, 3.05) is 0 Å². The number of furan rings is 1. The fourth-order valence-corrected chi connectivity index (χ4v) is 2.95. The third kappa shape index (κ3) is 3.17. The van der Waals surface area contributed by atoms with Gasteiger partial charge in [-0.3, -0.25) is 4.98 Å². The zero-order chi connectivity index (χ0) is 17.9. The van der Waals surface area contributed by atoms with Crippen LogP contribution >= 0.6 is 0 Å². The molecule has 1 N–H and O–H groups in total. The number of fused-ring (bicyclic) bond motifs is 1. The van der Waals surface area contributed by atoms with Crippen molar-refractivity contribution in [3.8, 4) is 17.0 Å². The first-order chi connectivity index (χ1) is 12.7. The maximum atomic E-state index is 9.32. The molecule has 0 amide bonds. The van der Waals surface area contributed by atoms with Gasteiger partial charge in [0.1, 0.15) is 23.7 Å². The standard InChI is InChI=1S/C21H18N2O3/c1-14-21(19-11-22-10-16(12-24)23-19)18-9-17(7-8-20(18)26-14)25-13-15-5-3-2-4-6-15/h2-11,24H,12-13H2,1H3. The number of hydrogen-bond acceptors (Lipinski definition) is 5. The number of aliphatic hydroxyl groups excluding tert-OH is 1. The Morgan fingerprint density at radius 1 is 1.08 bits per heavy atom. The fourth-order valence-electron chi connectivity index (χ4n) is 2.95. The quantitative estimate of drug-likeness (QED) is 0.584. The molecule has 2 heterocycles. The third-order valence-corrected chi connectivity index (χ3v) is 4.19. The number of benzene rings is 2. The highest BCUT2D eigenvalue weighted by atomic mass is 16.5. The molecule has 0 spiro atoms. The number of nitrogens with zero attached hydrogens (tertiary/aromatic N) is 2. The zero-order valence-corrected chi connectivity index (χ0v) is 14.3. The molecule has 0 aliphatic carbocycles. The summed E-state index contributed by atoms with van der Waals surface area (Å²) in [6.45, 7) is 2.24. The molecule has 0 fully saturated rings. The summed E-state index contributed by atoms with van der Waals surface area (Å²) in [5, 5.41) is 10.2. The van der Waals surface area contributed by atoms with E-state index in [-0.39, 0.29) is 6.61 Å². The summed E-state index contributed by atoms with van der Waals surface area (Å²) in [4.78, 5) is 8.62. The van der Waals surface area contributed by atoms with Crippen LogP contribution in [0.5, 0.6) is 5.75 Å². The monoisotopic (exact) mass is 346 g/mol. The Morgan fingerprint density at radius 2 is 1.92 bits per heavy atom. The van der Waals surface area contributed by atoms with Crippen LogP contribution in [-0.4, -0.2) is 15.1 Å². The van der Waals surface area contributed by atoms with Gasteiger partial charge < -0.3 is 14.3 Å². The van der Waals surface area contributed by atoms with E-state index in [1.807, 2.05) is 55.5 Å². The van der Waals surface area contributed by atoms with Gasteiger partial charge in [-0.05, 0) is 30.7 Å². The lowest BCUT2D eigenvalue weighted by Gasteiger charge is -2.07. The van der Waals surface area contributed by atoms with Crippen LogP contribution in [0.2, 0.25) is 0 Å². The zero-order valence-electron chi connectivity index (χ0n) is 14.3. The average molecular weight is 346 g/mol. The number of rotatable bonds is 5. The van der Waals surface area contributed by atoms with Gasteiger partial charge in [0.2, 0.25) is 0 Å². The molecule has 0 aliphatic heterocycles. The van der Waals surface area contributed by atoms with Gasteiger partial charge >= 0.3 is 0 Å². The van der Waals surface area contributed by atoms with Gasteiger partial charge in [0.05, 0.1) is 36.0 Å². The fraction of sp³-hybridized carbons (Fsp3) is 0.143. The van der Waals surface area contributed by atoms with Crippen LogP contribution in [0.4, 0.5) is 0 Å². The minimum atomic E-state index is -0.152. The highest BCUT2D eigenvalue weighted by molar-refractivity contribution is 5.95. The number of aryl methyl sites for hydroxylation is 1. The predicted molar refractivity (Wildman–Crippen MR) is 98.7 cm³/mol. The predicted octanol–water partition coefficient (Wildman–Crippen LogP) is 4.27. The highest BCUT2D eigenvalue weighted by Gasteiger charge is 2.16. The van der Waals surface area contributed by atoms with E-state index < -0.39 is 0 Å². The molecule has 0 unspecified atom stereocenters. The first-order valence-electron chi connectivity index (χ1n) is 8.36. The molecule has 0 aliphatic rings. The van der Waals surface area contributed by atoms with Crippen LogP contribution in [0.1, 0.15) is 17.0 Å². The summed E-state index contributed by atoms with van der Waals surface area (Å²) in [6.07, 6.45) is 3.23. The van der Waals surface area contributed by atoms with Crippen LogP contribution < -0.4 is 4.74 Å². The van der Waals surface area contributed by atoms with Crippen molar-refractivity contribution in [1.82, 2.24) is 9.97 Å². The Bertz CT molecular complexity index is 1040. The molecule has 0 saturated carbocycles. The van der Waals surface area contributed by atoms with Crippen molar-refractivity contribution in [1.29, 1.82) is 0 Å². The number of hydrogen-bond donors (Lipinski definition) is 1. The van der Waals surface area contributed by atoms with Gasteiger partial charge in [0, 0.05) is 5.39 Å². The molecule has 26 heavy (non-hydrogen) atoms. The normalized spacial score (nSPS) is 11.0. The summed E-state index contributed by atoms with van der Waals surface area (Å²) in [7, 11) is 0. The molecule has 4 rings (SSSR count). The van der Waals surface area contributed by atoms with Crippen molar-refractivity contribution < 1.29 is 14.3 Å². The molecule has 0 bridgehead atoms. The van der Waals surface area contributed by atoms with E-state index >= 15 is 0 Å². The van der Waals surface area contributed by atoms with Crippen LogP contribution in [0.3, 0.4) is 0 Å². The Morgan fingerprint density at radius 3 is 2.73 bits per heavy atom. The summed E-state index contributed by atoms with van der Waals surface area (Å²) < 4.78 is 11.8. The van der Waals surface area contributed by atoms with Crippen molar-refractivity contribution in [2.45, 2.75) is 20.1 Å². The summed E-state index contributed by atoms with van der Waals surface area (Å²) in [5.74, 6) is 1.51. The van der Waals surface area contributed by atoms with Gasteiger partial charge in [-0.15, -0.1) is 0 Å².